The van der Waals surface area contributed by atoms with Crippen LogP contribution in [0.3, 0.4) is 0 Å². The van der Waals surface area contributed by atoms with Crippen molar-refractivity contribution in [1.82, 2.24) is 4.90 Å². The highest BCUT2D eigenvalue weighted by atomic mass is 19.1. The zero-order valence-electron chi connectivity index (χ0n) is 15.9. The fraction of sp³-hybridized carbons (Fsp3) is 0.174. The first kappa shape index (κ1) is 18.8. The Balaban J connectivity index is 1.29. The summed E-state index contributed by atoms with van der Waals surface area (Å²) in [6.07, 6.45) is 0. The van der Waals surface area contributed by atoms with Gasteiger partial charge in [-0.15, -0.1) is 0 Å². The van der Waals surface area contributed by atoms with Gasteiger partial charge in [0.05, 0.1) is 0 Å². The van der Waals surface area contributed by atoms with E-state index in [9.17, 15) is 9.18 Å². The maximum Gasteiger partial charge on any atom is 0.321 e. The van der Waals surface area contributed by atoms with Gasteiger partial charge in [0, 0.05) is 37.6 Å². The Morgan fingerprint density at radius 1 is 0.828 bits per heavy atom. The van der Waals surface area contributed by atoms with Crippen LogP contribution in [0.25, 0.3) is 0 Å². The molecule has 1 N–H and O–H groups in total. The van der Waals surface area contributed by atoms with E-state index in [4.69, 9.17) is 4.74 Å². The van der Waals surface area contributed by atoms with Gasteiger partial charge in [-0.3, -0.25) is 0 Å². The lowest BCUT2D eigenvalue weighted by Gasteiger charge is -2.36. The Morgan fingerprint density at radius 2 is 1.52 bits per heavy atom. The highest BCUT2D eigenvalue weighted by molar-refractivity contribution is 5.89. The number of nitrogens with one attached hydrogen (secondary N) is 1. The molecule has 148 valence electrons. The number of amides is 2. The average molecular weight is 391 g/mol. The number of rotatable bonds is 4. The first-order valence-corrected chi connectivity index (χ1v) is 9.57. The van der Waals surface area contributed by atoms with Crippen LogP contribution in [0.2, 0.25) is 0 Å². The van der Waals surface area contributed by atoms with Crippen LogP contribution in [0.1, 0.15) is 0 Å². The topological polar surface area (TPSA) is 44.8 Å². The predicted octanol–water partition coefficient (Wildman–Crippen LogP) is 4.97. The van der Waals surface area contributed by atoms with Crippen LogP contribution in [0, 0.1) is 5.82 Å². The Hall–Kier alpha value is -3.54. The SMILES string of the molecule is O=C(Nc1ccc(Oc2ccccc2)cc1)N1CCN(c2cccc(F)c2)CC1. The largest absolute Gasteiger partial charge is 0.457 e. The Labute approximate surface area is 169 Å². The quantitative estimate of drug-likeness (QED) is 0.683. The maximum absolute atomic E-state index is 13.4. The number of para-hydroxylation sites is 1. The third-order valence-corrected chi connectivity index (χ3v) is 4.82. The highest BCUT2D eigenvalue weighted by Gasteiger charge is 2.21. The molecule has 1 aliphatic heterocycles. The summed E-state index contributed by atoms with van der Waals surface area (Å²) in [4.78, 5) is 16.4. The molecule has 0 radical (unpaired) electrons. The van der Waals surface area contributed by atoms with Crippen molar-refractivity contribution in [3.05, 3.63) is 84.7 Å². The van der Waals surface area contributed by atoms with Gasteiger partial charge in [-0.2, -0.15) is 0 Å². The van der Waals surface area contributed by atoms with Crippen LogP contribution in [-0.4, -0.2) is 37.1 Å². The minimum absolute atomic E-state index is 0.138. The number of ether oxygens (including phenoxy) is 1. The molecule has 2 amide bonds. The molecule has 0 atom stereocenters. The summed E-state index contributed by atoms with van der Waals surface area (Å²) in [6, 6.07) is 23.2. The molecule has 3 aromatic rings. The number of carbonyl (C=O) groups is 1. The minimum atomic E-state index is -0.248. The monoisotopic (exact) mass is 391 g/mol. The molecule has 1 saturated heterocycles. The molecule has 0 spiro atoms. The van der Waals surface area contributed by atoms with Gasteiger partial charge in [0.15, 0.2) is 0 Å². The smallest absolute Gasteiger partial charge is 0.321 e. The summed E-state index contributed by atoms with van der Waals surface area (Å²) in [5, 5.41) is 2.92. The Morgan fingerprint density at radius 3 is 2.21 bits per heavy atom. The van der Waals surface area contributed by atoms with Gasteiger partial charge < -0.3 is 19.9 Å². The molecule has 0 bridgehead atoms. The molecule has 1 fully saturated rings. The lowest BCUT2D eigenvalue weighted by Crippen LogP contribution is -2.50. The number of urea groups is 1. The maximum atomic E-state index is 13.4. The number of hydrogen-bond acceptors (Lipinski definition) is 3. The summed E-state index contributed by atoms with van der Waals surface area (Å²) >= 11 is 0. The van der Waals surface area contributed by atoms with Crippen molar-refractivity contribution in [1.29, 1.82) is 0 Å². The van der Waals surface area contributed by atoms with Crippen molar-refractivity contribution >= 4 is 17.4 Å². The van der Waals surface area contributed by atoms with E-state index in [0.29, 0.717) is 37.6 Å². The van der Waals surface area contributed by atoms with Crippen LogP contribution >= 0.6 is 0 Å². The molecule has 0 unspecified atom stereocenters. The highest BCUT2D eigenvalue weighted by Crippen LogP contribution is 2.23. The number of benzene rings is 3. The van der Waals surface area contributed by atoms with Crippen LogP contribution in [-0.2, 0) is 0 Å². The molecule has 1 aliphatic rings. The molecule has 5 nitrogen and oxygen atoms in total. The minimum Gasteiger partial charge on any atom is -0.457 e. The Kier molecular flexibility index (Phi) is 5.61. The van der Waals surface area contributed by atoms with Gasteiger partial charge in [0.2, 0.25) is 0 Å². The number of hydrogen-bond donors (Lipinski definition) is 1. The van der Waals surface area contributed by atoms with Crippen molar-refractivity contribution in [3.8, 4) is 11.5 Å². The fourth-order valence-electron chi connectivity index (χ4n) is 3.27. The lowest BCUT2D eigenvalue weighted by atomic mass is 10.2. The van der Waals surface area contributed by atoms with Crippen LogP contribution in [0.4, 0.5) is 20.6 Å². The zero-order valence-corrected chi connectivity index (χ0v) is 15.9. The average Bonchev–Trinajstić information content (AvgIpc) is 2.76. The van der Waals surface area contributed by atoms with Crippen molar-refractivity contribution in [2.45, 2.75) is 0 Å². The van der Waals surface area contributed by atoms with Crippen LogP contribution in [0.5, 0.6) is 11.5 Å². The van der Waals surface area contributed by atoms with Gasteiger partial charge in [-0.1, -0.05) is 24.3 Å². The van der Waals surface area contributed by atoms with Crippen LogP contribution < -0.4 is 15.0 Å². The van der Waals surface area contributed by atoms with E-state index in [1.807, 2.05) is 60.7 Å². The molecular weight excluding hydrogens is 369 g/mol. The van der Waals surface area contributed by atoms with Gasteiger partial charge >= 0.3 is 6.03 Å². The third-order valence-electron chi connectivity index (χ3n) is 4.82. The Bertz CT molecular complexity index is 955. The van der Waals surface area contributed by atoms with Gasteiger partial charge in [0.1, 0.15) is 17.3 Å². The molecule has 4 rings (SSSR count). The van der Waals surface area contributed by atoms with E-state index in [1.165, 1.54) is 12.1 Å². The number of carbonyl (C=O) groups excluding carboxylic acids is 1. The number of nitrogens with zero attached hydrogens (tertiary/aromatic N) is 2. The molecule has 0 saturated carbocycles. The number of piperazine rings is 1. The molecule has 0 aliphatic carbocycles. The zero-order chi connectivity index (χ0) is 20.1. The van der Waals surface area contributed by atoms with Gasteiger partial charge in [-0.05, 0) is 54.6 Å². The first-order chi connectivity index (χ1) is 14.2. The van der Waals surface area contributed by atoms with E-state index in [-0.39, 0.29) is 11.8 Å². The van der Waals surface area contributed by atoms with Crippen molar-refractivity contribution in [2.24, 2.45) is 0 Å². The first-order valence-electron chi connectivity index (χ1n) is 9.57. The molecule has 29 heavy (non-hydrogen) atoms. The van der Waals surface area contributed by atoms with Crippen molar-refractivity contribution < 1.29 is 13.9 Å². The summed E-state index contributed by atoms with van der Waals surface area (Å²) in [7, 11) is 0. The van der Waals surface area contributed by atoms with Gasteiger partial charge in [0.25, 0.3) is 0 Å². The van der Waals surface area contributed by atoms with E-state index in [2.05, 4.69) is 10.2 Å². The molecule has 6 heteroatoms. The second-order valence-electron chi connectivity index (χ2n) is 6.82. The molecular formula is C23H22FN3O2. The van der Waals surface area contributed by atoms with E-state index in [1.54, 1.807) is 11.0 Å². The number of halogens is 1. The van der Waals surface area contributed by atoms with Crippen molar-refractivity contribution in [2.75, 3.05) is 36.4 Å². The van der Waals surface area contributed by atoms with Gasteiger partial charge in [-0.25, -0.2) is 9.18 Å². The second kappa shape index (κ2) is 8.65. The summed E-state index contributed by atoms with van der Waals surface area (Å²) in [5.74, 6) is 1.22. The second-order valence-corrected chi connectivity index (χ2v) is 6.82. The van der Waals surface area contributed by atoms with E-state index < -0.39 is 0 Å². The predicted molar refractivity (Wildman–Crippen MR) is 112 cm³/mol. The summed E-state index contributed by atoms with van der Waals surface area (Å²) < 4.78 is 19.2. The molecule has 1 heterocycles. The van der Waals surface area contributed by atoms with Crippen molar-refractivity contribution in [3.63, 3.8) is 0 Å². The standard InChI is InChI=1S/C23H22FN3O2/c24-18-5-4-6-20(17-18)26-13-15-27(16-14-26)23(28)25-19-9-11-22(12-10-19)29-21-7-2-1-3-8-21/h1-12,17H,13-16H2,(H,25,28). The van der Waals surface area contributed by atoms with E-state index in [0.717, 1.165) is 11.4 Å². The number of anilines is 2. The summed E-state index contributed by atoms with van der Waals surface area (Å²) in [5.41, 5.74) is 1.56. The summed E-state index contributed by atoms with van der Waals surface area (Å²) in [6.45, 7) is 2.50. The normalized spacial score (nSPS) is 13.8. The third kappa shape index (κ3) is 4.85. The molecule has 0 aromatic heterocycles. The fourth-order valence-corrected chi connectivity index (χ4v) is 3.27. The lowest BCUT2D eigenvalue weighted by molar-refractivity contribution is 0.208. The van der Waals surface area contributed by atoms with E-state index >= 15 is 0 Å². The molecule has 3 aromatic carbocycles. The van der Waals surface area contributed by atoms with Crippen LogP contribution in [0.15, 0.2) is 78.9 Å².